The lowest BCUT2D eigenvalue weighted by atomic mass is 10.0. The lowest BCUT2D eigenvalue weighted by Gasteiger charge is -2.30. The first-order valence-electron chi connectivity index (χ1n) is 13.0. The highest BCUT2D eigenvalue weighted by Crippen LogP contribution is 2.30. The van der Waals surface area contributed by atoms with Crippen LogP contribution in [0.15, 0.2) is 52.8 Å². The molecule has 0 unspecified atom stereocenters. The van der Waals surface area contributed by atoms with Crippen molar-refractivity contribution < 1.29 is 4.79 Å². The van der Waals surface area contributed by atoms with Crippen molar-refractivity contribution in [3.05, 3.63) is 70.1 Å². The molecule has 6 nitrogen and oxygen atoms in total. The fourth-order valence-electron chi connectivity index (χ4n) is 4.25. The maximum absolute atomic E-state index is 13.4. The Morgan fingerprint density at radius 2 is 1.39 bits per heavy atom. The van der Waals surface area contributed by atoms with Gasteiger partial charge in [-0.05, 0) is 93.1 Å². The molecule has 0 bridgehead atoms. The van der Waals surface area contributed by atoms with Gasteiger partial charge in [0.1, 0.15) is 0 Å². The lowest BCUT2D eigenvalue weighted by Crippen LogP contribution is -2.33. The third-order valence-corrected chi connectivity index (χ3v) is 7.12. The fourth-order valence-corrected chi connectivity index (χ4v) is 4.25. The predicted molar refractivity (Wildman–Crippen MR) is 154 cm³/mol. The molecule has 0 saturated carbocycles. The molecule has 1 aliphatic carbocycles. The maximum Gasteiger partial charge on any atom is 0.204 e. The second-order valence-electron chi connectivity index (χ2n) is 9.64. The van der Waals surface area contributed by atoms with E-state index in [0.717, 1.165) is 95.2 Å². The first kappa shape index (κ1) is 27.1. The zero-order valence-corrected chi connectivity index (χ0v) is 22.7. The lowest BCUT2D eigenvalue weighted by molar-refractivity contribution is -0.111. The van der Waals surface area contributed by atoms with Gasteiger partial charge in [0, 0.05) is 36.2 Å². The highest BCUT2D eigenvalue weighted by molar-refractivity contribution is 6.23. The van der Waals surface area contributed by atoms with Gasteiger partial charge in [0.25, 0.3) is 0 Å². The van der Waals surface area contributed by atoms with Crippen molar-refractivity contribution in [1.29, 1.82) is 0 Å². The molecule has 2 aromatic rings. The van der Waals surface area contributed by atoms with Crippen molar-refractivity contribution in [3.8, 4) is 0 Å². The average Bonchev–Trinajstić information content (AvgIpc) is 2.86. The van der Waals surface area contributed by atoms with E-state index in [1.165, 1.54) is 0 Å². The molecular weight excluding hydrogens is 446 g/mol. The van der Waals surface area contributed by atoms with Crippen molar-refractivity contribution in [2.24, 2.45) is 4.99 Å². The number of hydrogen-bond acceptors (Lipinski definition) is 6. The van der Waals surface area contributed by atoms with Crippen LogP contribution in [0.25, 0.3) is 0 Å². The summed E-state index contributed by atoms with van der Waals surface area (Å²) in [5.41, 5.74) is 21.7. The van der Waals surface area contributed by atoms with Gasteiger partial charge in [-0.15, -0.1) is 0 Å². The molecule has 0 heterocycles. The van der Waals surface area contributed by atoms with Crippen molar-refractivity contribution in [3.63, 3.8) is 0 Å². The highest BCUT2D eigenvalue weighted by atomic mass is 16.1. The molecule has 0 amide bonds. The number of rotatable bonds is 10. The van der Waals surface area contributed by atoms with Gasteiger partial charge in [0.15, 0.2) is 0 Å². The molecule has 2 aromatic carbocycles. The summed E-state index contributed by atoms with van der Waals surface area (Å²) in [5.74, 6) is -0.0546. The Balaban J connectivity index is 2.10. The van der Waals surface area contributed by atoms with E-state index < -0.39 is 0 Å². The molecule has 1 aliphatic rings. The normalized spacial score (nSPS) is 14.6. The Morgan fingerprint density at radius 1 is 0.806 bits per heavy atom. The van der Waals surface area contributed by atoms with E-state index in [1.807, 2.05) is 58.0 Å². The number of aliphatic imine (C=N–C) groups is 1. The molecule has 0 radical (unpaired) electrons. The smallest absolute Gasteiger partial charge is 0.204 e. The van der Waals surface area contributed by atoms with Crippen LogP contribution in [0.5, 0.6) is 0 Å². The molecule has 0 saturated heterocycles. The number of nitrogens with one attached hydrogen (secondary N) is 1. The summed E-state index contributed by atoms with van der Waals surface area (Å²) >= 11 is 0. The van der Waals surface area contributed by atoms with Crippen molar-refractivity contribution in [1.82, 2.24) is 4.90 Å². The third-order valence-electron chi connectivity index (χ3n) is 7.12. The van der Waals surface area contributed by atoms with E-state index in [2.05, 4.69) is 24.1 Å². The second-order valence-corrected chi connectivity index (χ2v) is 9.64. The number of nitrogen functional groups attached to an aromatic ring is 2. The van der Waals surface area contributed by atoms with Gasteiger partial charge in [-0.25, -0.2) is 4.99 Å². The first-order valence-corrected chi connectivity index (χ1v) is 13.0. The summed E-state index contributed by atoms with van der Waals surface area (Å²) < 4.78 is 0. The minimum absolute atomic E-state index is 0.0546. The van der Waals surface area contributed by atoms with Crippen LogP contribution in [-0.4, -0.2) is 29.5 Å². The fraction of sp³-hybridized carbons (Fsp3) is 0.400. The summed E-state index contributed by atoms with van der Waals surface area (Å²) in [6.45, 7) is 14.2. The molecule has 0 aliphatic heterocycles. The van der Waals surface area contributed by atoms with Gasteiger partial charge < -0.3 is 21.7 Å². The number of carbonyl (C=O) groups is 1. The minimum Gasteiger partial charge on any atom is -0.399 e. The summed E-state index contributed by atoms with van der Waals surface area (Å²) in [7, 11) is 0. The van der Waals surface area contributed by atoms with Crippen LogP contribution >= 0.6 is 0 Å². The standard InChI is InChI=1S/C30H41N5O/c1-7-9-15-35(16-10-8-2)29-18-30(36)28(34-26-14-12-24(32)20(4)22(26)6)17-27(29)33-25-13-11-23(31)19(3)21(25)5/h11-14,17-18,34H,7-10,15-16,31-32H2,1-6H3/b33-27+. The van der Waals surface area contributed by atoms with Crippen LogP contribution in [-0.2, 0) is 4.79 Å². The monoisotopic (exact) mass is 487 g/mol. The zero-order chi connectivity index (χ0) is 26.4. The van der Waals surface area contributed by atoms with Crippen LogP contribution in [0.4, 0.5) is 22.7 Å². The molecular formula is C30H41N5O. The van der Waals surface area contributed by atoms with Crippen LogP contribution in [0.3, 0.4) is 0 Å². The van der Waals surface area contributed by atoms with E-state index in [-0.39, 0.29) is 5.78 Å². The van der Waals surface area contributed by atoms with E-state index in [4.69, 9.17) is 16.5 Å². The van der Waals surface area contributed by atoms with Gasteiger partial charge in [-0.2, -0.15) is 0 Å². The number of allylic oxidation sites excluding steroid dienone is 2. The average molecular weight is 488 g/mol. The Kier molecular flexibility index (Phi) is 8.97. The Bertz CT molecular complexity index is 1210. The molecule has 192 valence electrons. The van der Waals surface area contributed by atoms with E-state index in [1.54, 1.807) is 6.08 Å². The topological polar surface area (TPSA) is 96.7 Å². The van der Waals surface area contributed by atoms with Gasteiger partial charge >= 0.3 is 0 Å². The Hall–Kier alpha value is -3.54. The predicted octanol–water partition coefficient (Wildman–Crippen LogP) is 6.52. The summed E-state index contributed by atoms with van der Waals surface area (Å²) in [4.78, 5) is 20.8. The number of ketones is 1. The van der Waals surface area contributed by atoms with Crippen molar-refractivity contribution in [2.45, 2.75) is 67.2 Å². The van der Waals surface area contributed by atoms with Crippen molar-refractivity contribution in [2.75, 3.05) is 29.9 Å². The number of unbranched alkanes of at least 4 members (excludes halogenated alkanes) is 2. The SMILES string of the molecule is CCCCN(CCCC)C1=CC(=O)C(Nc2ccc(N)c(C)c2C)=C/C1=N\c1ccc(N)c(C)c1C. The quantitative estimate of drug-likeness (QED) is 0.262. The summed E-state index contributed by atoms with van der Waals surface area (Å²) in [5, 5.41) is 3.36. The minimum atomic E-state index is -0.0546. The third kappa shape index (κ3) is 5.99. The van der Waals surface area contributed by atoms with Gasteiger partial charge in [0.05, 0.1) is 22.8 Å². The molecule has 0 fully saturated rings. The zero-order valence-electron chi connectivity index (χ0n) is 22.7. The highest BCUT2D eigenvalue weighted by Gasteiger charge is 2.24. The van der Waals surface area contributed by atoms with Crippen LogP contribution in [0.1, 0.15) is 61.8 Å². The van der Waals surface area contributed by atoms with Gasteiger partial charge in [0.2, 0.25) is 5.78 Å². The summed E-state index contributed by atoms with van der Waals surface area (Å²) in [6.07, 6.45) is 7.92. The number of anilines is 3. The van der Waals surface area contributed by atoms with Crippen LogP contribution < -0.4 is 16.8 Å². The molecule has 0 atom stereocenters. The molecule has 5 N–H and O–H groups in total. The van der Waals surface area contributed by atoms with E-state index >= 15 is 0 Å². The maximum atomic E-state index is 13.4. The molecule has 0 spiro atoms. The van der Waals surface area contributed by atoms with Gasteiger partial charge in [-0.1, -0.05) is 26.7 Å². The molecule has 36 heavy (non-hydrogen) atoms. The van der Waals surface area contributed by atoms with Crippen LogP contribution in [0, 0.1) is 27.7 Å². The van der Waals surface area contributed by atoms with Crippen LogP contribution in [0.2, 0.25) is 0 Å². The number of hydrogen-bond donors (Lipinski definition) is 3. The molecule has 3 rings (SSSR count). The second kappa shape index (κ2) is 11.9. The van der Waals surface area contributed by atoms with E-state index in [9.17, 15) is 4.79 Å². The summed E-state index contributed by atoms with van der Waals surface area (Å²) in [6, 6.07) is 7.64. The molecule has 6 heteroatoms. The number of nitrogens with zero attached hydrogens (tertiary/aromatic N) is 2. The number of carbonyl (C=O) groups excluding carboxylic acids is 1. The Morgan fingerprint density at radius 3 is 2.00 bits per heavy atom. The van der Waals surface area contributed by atoms with Gasteiger partial charge in [-0.3, -0.25) is 4.79 Å². The number of nitrogens with two attached hydrogens (primary N) is 2. The number of benzene rings is 2. The van der Waals surface area contributed by atoms with Crippen molar-refractivity contribution >= 4 is 34.2 Å². The largest absolute Gasteiger partial charge is 0.399 e. The van der Waals surface area contributed by atoms with E-state index in [0.29, 0.717) is 5.70 Å². The first-order chi connectivity index (χ1) is 17.2. The Labute approximate surface area is 216 Å². The molecule has 0 aromatic heterocycles.